The highest BCUT2D eigenvalue weighted by molar-refractivity contribution is 5.17. The number of aromatic nitrogens is 1. The third-order valence-corrected chi connectivity index (χ3v) is 2.79. The van der Waals surface area contributed by atoms with Gasteiger partial charge in [-0.05, 0) is 37.6 Å². The molecule has 2 N–H and O–H groups in total. The molecule has 0 saturated heterocycles. The molecule has 0 aliphatic carbocycles. The molecule has 16 heavy (non-hydrogen) atoms. The van der Waals surface area contributed by atoms with Gasteiger partial charge in [0.1, 0.15) is 0 Å². The number of hydrogen-bond donors (Lipinski definition) is 1. The van der Waals surface area contributed by atoms with Gasteiger partial charge in [0.25, 0.3) is 0 Å². The van der Waals surface area contributed by atoms with E-state index in [1.165, 1.54) is 5.56 Å². The number of nitrogens with two attached hydrogens (primary N) is 1. The highest BCUT2D eigenvalue weighted by atomic mass is 15.1. The molecule has 0 aromatic carbocycles. The Hall–Kier alpha value is -0.930. The Kier molecular flexibility index (Phi) is 4.44. The standard InChI is InChI=1S/C13H23N3/c1-11-6-5-7-15-12(11)8-16(4)10-13(2,3)9-14/h5-7H,8-10,14H2,1-4H3. The average Bonchev–Trinajstić information content (AvgIpc) is 2.21. The summed E-state index contributed by atoms with van der Waals surface area (Å²) in [5.41, 5.74) is 8.30. The van der Waals surface area contributed by atoms with E-state index < -0.39 is 0 Å². The van der Waals surface area contributed by atoms with Gasteiger partial charge in [0.2, 0.25) is 0 Å². The van der Waals surface area contributed by atoms with E-state index in [1.807, 2.05) is 12.3 Å². The third kappa shape index (κ3) is 3.91. The summed E-state index contributed by atoms with van der Waals surface area (Å²) in [4.78, 5) is 6.68. The molecule has 1 rings (SSSR count). The molecule has 1 heterocycles. The van der Waals surface area contributed by atoms with Gasteiger partial charge in [-0.25, -0.2) is 0 Å². The van der Waals surface area contributed by atoms with Gasteiger partial charge in [-0.1, -0.05) is 19.9 Å². The first kappa shape index (κ1) is 13.1. The van der Waals surface area contributed by atoms with Crippen LogP contribution >= 0.6 is 0 Å². The molecule has 0 aliphatic rings. The van der Waals surface area contributed by atoms with E-state index in [0.717, 1.165) is 18.8 Å². The van der Waals surface area contributed by atoms with Gasteiger partial charge in [0.05, 0.1) is 5.69 Å². The van der Waals surface area contributed by atoms with Crippen molar-refractivity contribution >= 4 is 0 Å². The third-order valence-electron chi connectivity index (χ3n) is 2.79. The molecule has 0 saturated carbocycles. The van der Waals surface area contributed by atoms with E-state index >= 15 is 0 Å². The van der Waals surface area contributed by atoms with Crippen molar-refractivity contribution in [1.29, 1.82) is 0 Å². The molecule has 0 bridgehead atoms. The summed E-state index contributed by atoms with van der Waals surface area (Å²) >= 11 is 0. The molecular formula is C13H23N3. The molecule has 0 atom stereocenters. The fourth-order valence-corrected chi connectivity index (χ4v) is 1.79. The summed E-state index contributed by atoms with van der Waals surface area (Å²) in [7, 11) is 2.12. The molecule has 1 aromatic rings. The minimum atomic E-state index is 0.164. The van der Waals surface area contributed by atoms with Gasteiger partial charge in [-0.2, -0.15) is 0 Å². The lowest BCUT2D eigenvalue weighted by molar-refractivity contribution is 0.208. The van der Waals surface area contributed by atoms with Crippen molar-refractivity contribution in [3.05, 3.63) is 29.6 Å². The van der Waals surface area contributed by atoms with E-state index in [9.17, 15) is 0 Å². The molecule has 90 valence electrons. The zero-order valence-corrected chi connectivity index (χ0v) is 10.8. The molecule has 0 unspecified atom stereocenters. The minimum absolute atomic E-state index is 0.164. The maximum Gasteiger partial charge on any atom is 0.0572 e. The largest absolute Gasteiger partial charge is 0.330 e. The van der Waals surface area contributed by atoms with Crippen LogP contribution in [0.2, 0.25) is 0 Å². The highest BCUT2D eigenvalue weighted by Gasteiger charge is 2.18. The molecular weight excluding hydrogens is 198 g/mol. The van der Waals surface area contributed by atoms with E-state index in [0.29, 0.717) is 6.54 Å². The summed E-state index contributed by atoms with van der Waals surface area (Å²) in [5.74, 6) is 0. The van der Waals surface area contributed by atoms with Crippen LogP contribution in [0.5, 0.6) is 0 Å². The minimum Gasteiger partial charge on any atom is -0.330 e. The highest BCUT2D eigenvalue weighted by Crippen LogP contribution is 2.15. The monoisotopic (exact) mass is 221 g/mol. The summed E-state index contributed by atoms with van der Waals surface area (Å²) in [5, 5.41) is 0. The second kappa shape index (κ2) is 5.41. The molecule has 3 heteroatoms. The predicted molar refractivity (Wildman–Crippen MR) is 68.1 cm³/mol. The number of rotatable bonds is 5. The smallest absolute Gasteiger partial charge is 0.0572 e. The molecule has 0 spiro atoms. The van der Waals surface area contributed by atoms with Crippen LogP contribution in [0.1, 0.15) is 25.1 Å². The van der Waals surface area contributed by atoms with Crippen LogP contribution in [0, 0.1) is 12.3 Å². The number of pyridine rings is 1. The quantitative estimate of drug-likeness (QED) is 0.824. The van der Waals surface area contributed by atoms with Gasteiger partial charge in [0.15, 0.2) is 0 Å². The first-order chi connectivity index (χ1) is 7.44. The lowest BCUT2D eigenvalue weighted by Crippen LogP contribution is -2.36. The van der Waals surface area contributed by atoms with Crippen molar-refractivity contribution in [3.63, 3.8) is 0 Å². The summed E-state index contributed by atoms with van der Waals surface area (Å²) in [6, 6.07) is 4.08. The molecule has 0 aliphatic heterocycles. The van der Waals surface area contributed by atoms with Crippen LogP contribution in [0.3, 0.4) is 0 Å². The van der Waals surface area contributed by atoms with E-state index in [1.54, 1.807) is 0 Å². The van der Waals surface area contributed by atoms with Crippen molar-refractivity contribution in [2.24, 2.45) is 11.1 Å². The van der Waals surface area contributed by atoms with Crippen LogP contribution in [0.4, 0.5) is 0 Å². The van der Waals surface area contributed by atoms with E-state index in [2.05, 4.69) is 43.8 Å². The zero-order valence-electron chi connectivity index (χ0n) is 10.8. The molecule has 0 fully saturated rings. The van der Waals surface area contributed by atoms with Crippen LogP contribution in [0.25, 0.3) is 0 Å². The zero-order chi connectivity index (χ0) is 12.2. The first-order valence-electron chi connectivity index (χ1n) is 5.74. The second-order valence-corrected chi connectivity index (χ2v) is 5.31. The van der Waals surface area contributed by atoms with Crippen LogP contribution in [0.15, 0.2) is 18.3 Å². The number of hydrogen-bond acceptors (Lipinski definition) is 3. The maximum atomic E-state index is 5.74. The van der Waals surface area contributed by atoms with Crippen LogP contribution < -0.4 is 5.73 Å². The number of nitrogens with zero attached hydrogens (tertiary/aromatic N) is 2. The normalized spacial score (nSPS) is 12.1. The fourth-order valence-electron chi connectivity index (χ4n) is 1.79. The van der Waals surface area contributed by atoms with Crippen LogP contribution in [-0.4, -0.2) is 30.0 Å². The van der Waals surface area contributed by atoms with Crippen molar-refractivity contribution in [2.45, 2.75) is 27.3 Å². The second-order valence-electron chi connectivity index (χ2n) is 5.31. The van der Waals surface area contributed by atoms with Gasteiger partial charge in [-0.3, -0.25) is 9.88 Å². The Morgan fingerprint density at radius 3 is 2.69 bits per heavy atom. The fraction of sp³-hybridized carbons (Fsp3) is 0.615. The van der Waals surface area contributed by atoms with Gasteiger partial charge in [0, 0.05) is 19.3 Å². The Morgan fingerprint density at radius 1 is 1.44 bits per heavy atom. The lowest BCUT2D eigenvalue weighted by atomic mass is 9.93. The molecule has 3 nitrogen and oxygen atoms in total. The Balaban J connectivity index is 2.58. The average molecular weight is 221 g/mol. The summed E-state index contributed by atoms with van der Waals surface area (Å²) < 4.78 is 0. The Labute approximate surface area is 98.7 Å². The van der Waals surface area contributed by atoms with E-state index in [4.69, 9.17) is 5.73 Å². The molecule has 1 aromatic heterocycles. The SMILES string of the molecule is Cc1cccnc1CN(C)CC(C)(C)CN. The van der Waals surface area contributed by atoms with Gasteiger partial charge < -0.3 is 5.73 Å². The maximum absolute atomic E-state index is 5.74. The van der Waals surface area contributed by atoms with Gasteiger partial charge in [-0.15, -0.1) is 0 Å². The van der Waals surface area contributed by atoms with Gasteiger partial charge >= 0.3 is 0 Å². The number of aryl methyl sites for hydroxylation is 1. The first-order valence-corrected chi connectivity index (χ1v) is 5.74. The van der Waals surface area contributed by atoms with Crippen molar-refractivity contribution < 1.29 is 0 Å². The van der Waals surface area contributed by atoms with Crippen molar-refractivity contribution in [3.8, 4) is 0 Å². The Morgan fingerprint density at radius 2 is 2.12 bits per heavy atom. The Bertz CT molecular complexity index is 334. The topological polar surface area (TPSA) is 42.2 Å². The van der Waals surface area contributed by atoms with Crippen molar-refractivity contribution in [2.75, 3.05) is 20.1 Å². The molecule has 0 amide bonds. The van der Waals surface area contributed by atoms with Crippen molar-refractivity contribution in [1.82, 2.24) is 9.88 Å². The van der Waals surface area contributed by atoms with E-state index in [-0.39, 0.29) is 5.41 Å². The molecule has 0 radical (unpaired) electrons. The summed E-state index contributed by atoms with van der Waals surface area (Å²) in [6.07, 6.45) is 1.85. The van der Waals surface area contributed by atoms with Crippen LogP contribution in [-0.2, 0) is 6.54 Å². The lowest BCUT2D eigenvalue weighted by Gasteiger charge is -2.29. The summed E-state index contributed by atoms with van der Waals surface area (Å²) in [6.45, 7) is 9.06. The predicted octanol–water partition coefficient (Wildman–Crippen LogP) is 1.81.